The van der Waals surface area contributed by atoms with Crippen LogP contribution in [-0.2, 0) is 21.4 Å². The smallest absolute Gasteiger partial charge is 0.316 e. The Labute approximate surface area is 246 Å². The second-order valence-electron chi connectivity index (χ2n) is 11.3. The van der Waals surface area contributed by atoms with Gasteiger partial charge in [0.25, 0.3) is 5.91 Å². The summed E-state index contributed by atoms with van der Waals surface area (Å²) in [6.07, 6.45) is 2.19. The summed E-state index contributed by atoms with van der Waals surface area (Å²) in [6, 6.07) is 22.0. The van der Waals surface area contributed by atoms with Crippen molar-refractivity contribution >= 4 is 11.9 Å². The first-order valence-corrected chi connectivity index (χ1v) is 14.7. The number of rotatable bonds is 8. The maximum atomic E-state index is 13.1. The minimum Gasteiger partial charge on any atom is -0.465 e. The molecule has 0 spiro atoms. The number of carbonyl (C=O) groups excluding carboxylic acids is 2. The molecule has 1 saturated heterocycles. The first-order valence-electron chi connectivity index (χ1n) is 14.7. The number of amides is 1. The molecule has 1 amide bonds. The van der Waals surface area contributed by atoms with Crippen LogP contribution in [0.15, 0.2) is 71.3 Å². The standard InChI is InChI=1S/C34H36N4O4/c1-4-41-33(40)34(16-17-34)27-14-12-25(13-15-27)24-8-10-26(11-9-24)31-29(23(2)36-42-31)22-28-6-5-7-30(35-28)32(39)38-20-18-37(3)19-21-38/h5-15H,4,16-22H2,1-3H3. The van der Waals surface area contributed by atoms with E-state index in [0.29, 0.717) is 37.6 Å². The molecule has 3 heterocycles. The molecule has 2 aromatic heterocycles. The fourth-order valence-corrected chi connectivity index (χ4v) is 5.67. The monoisotopic (exact) mass is 564 g/mol. The van der Waals surface area contributed by atoms with Gasteiger partial charge in [0, 0.05) is 49.4 Å². The summed E-state index contributed by atoms with van der Waals surface area (Å²) in [7, 11) is 2.07. The van der Waals surface area contributed by atoms with Crippen molar-refractivity contribution in [3.8, 4) is 22.5 Å². The van der Waals surface area contributed by atoms with Crippen LogP contribution in [0.3, 0.4) is 0 Å². The second kappa shape index (κ2) is 11.5. The molecule has 0 atom stereocenters. The molecule has 0 N–H and O–H groups in total. The SMILES string of the molecule is CCOC(=O)C1(c2ccc(-c3ccc(-c4onc(C)c4Cc4cccc(C(=O)N5CCN(C)CC5)n4)cc3)cc2)CC1. The van der Waals surface area contributed by atoms with E-state index in [1.165, 1.54) is 0 Å². The van der Waals surface area contributed by atoms with Gasteiger partial charge in [-0.2, -0.15) is 0 Å². The molecule has 8 nitrogen and oxygen atoms in total. The molecular formula is C34H36N4O4. The Morgan fingerprint density at radius 2 is 1.55 bits per heavy atom. The number of nitrogens with zero attached hydrogens (tertiary/aromatic N) is 4. The van der Waals surface area contributed by atoms with E-state index in [1.807, 2.05) is 55.1 Å². The topological polar surface area (TPSA) is 88.8 Å². The molecule has 0 bridgehead atoms. The molecule has 2 fully saturated rings. The van der Waals surface area contributed by atoms with Crippen molar-refractivity contribution in [2.75, 3.05) is 39.8 Å². The third-order valence-electron chi connectivity index (χ3n) is 8.49. The maximum Gasteiger partial charge on any atom is 0.316 e. The number of aromatic nitrogens is 2. The van der Waals surface area contributed by atoms with Gasteiger partial charge in [-0.05, 0) is 62.6 Å². The molecule has 8 heteroatoms. The quantitative estimate of drug-likeness (QED) is 0.269. The summed E-state index contributed by atoms with van der Waals surface area (Å²) < 4.78 is 11.1. The van der Waals surface area contributed by atoms with E-state index in [0.717, 1.165) is 65.1 Å². The molecule has 2 aliphatic rings. The van der Waals surface area contributed by atoms with E-state index in [9.17, 15) is 9.59 Å². The van der Waals surface area contributed by atoms with Crippen molar-refractivity contribution in [2.24, 2.45) is 0 Å². The number of hydrogen-bond acceptors (Lipinski definition) is 7. The highest BCUT2D eigenvalue weighted by molar-refractivity contribution is 5.92. The average Bonchev–Trinajstić information content (AvgIpc) is 3.76. The lowest BCUT2D eigenvalue weighted by molar-refractivity contribution is -0.146. The summed E-state index contributed by atoms with van der Waals surface area (Å²) in [5, 5.41) is 4.25. The van der Waals surface area contributed by atoms with E-state index in [2.05, 4.69) is 41.4 Å². The van der Waals surface area contributed by atoms with Crippen LogP contribution in [0.2, 0.25) is 0 Å². The van der Waals surface area contributed by atoms with Crippen molar-refractivity contribution in [1.82, 2.24) is 19.9 Å². The fraction of sp³-hybridized carbons (Fsp3) is 0.353. The van der Waals surface area contributed by atoms with Crippen LogP contribution < -0.4 is 0 Å². The van der Waals surface area contributed by atoms with Crippen LogP contribution in [0, 0.1) is 6.92 Å². The Morgan fingerprint density at radius 1 is 0.905 bits per heavy atom. The van der Waals surface area contributed by atoms with Gasteiger partial charge < -0.3 is 19.1 Å². The summed E-state index contributed by atoms with van der Waals surface area (Å²) in [4.78, 5) is 34.4. The van der Waals surface area contributed by atoms with Gasteiger partial charge >= 0.3 is 5.97 Å². The number of likely N-dealkylation sites (N-methyl/N-ethyl adjacent to an activating group) is 1. The number of aryl methyl sites for hydroxylation is 1. The number of esters is 1. The van der Waals surface area contributed by atoms with Gasteiger partial charge in [-0.25, -0.2) is 4.98 Å². The lowest BCUT2D eigenvalue weighted by atomic mass is 9.93. The van der Waals surface area contributed by atoms with E-state index >= 15 is 0 Å². The van der Waals surface area contributed by atoms with Crippen LogP contribution in [0.1, 0.15) is 52.8 Å². The zero-order valence-electron chi connectivity index (χ0n) is 24.4. The largest absolute Gasteiger partial charge is 0.465 e. The Bertz CT molecular complexity index is 1580. The molecule has 6 rings (SSSR count). The number of pyridine rings is 1. The number of carbonyl (C=O) groups is 2. The summed E-state index contributed by atoms with van der Waals surface area (Å²) in [5.41, 5.74) is 6.65. The highest BCUT2D eigenvalue weighted by Crippen LogP contribution is 2.49. The van der Waals surface area contributed by atoms with E-state index < -0.39 is 5.41 Å². The van der Waals surface area contributed by atoms with E-state index in [4.69, 9.17) is 14.2 Å². The summed E-state index contributed by atoms with van der Waals surface area (Å²) >= 11 is 0. The van der Waals surface area contributed by atoms with Gasteiger partial charge in [0.1, 0.15) is 5.69 Å². The predicted octanol–water partition coefficient (Wildman–Crippen LogP) is 5.29. The number of benzene rings is 2. The number of piperazine rings is 1. The molecule has 1 saturated carbocycles. The highest BCUT2D eigenvalue weighted by Gasteiger charge is 2.52. The Kier molecular flexibility index (Phi) is 7.64. The van der Waals surface area contributed by atoms with E-state index in [1.54, 1.807) is 6.07 Å². The maximum absolute atomic E-state index is 13.1. The first kappa shape index (κ1) is 27.8. The van der Waals surface area contributed by atoms with Gasteiger partial charge in [0.15, 0.2) is 5.76 Å². The number of ether oxygens (including phenoxy) is 1. The average molecular weight is 565 g/mol. The van der Waals surface area contributed by atoms with Crippen molar-refractivity contribution in [1.29, 1.82) is 0 Å². The predicted molar refractivity (Wildman–Crippen MR) is 160 cm³/mol. The Morgan fingerprint density at radius 3 is 2.19 bits per heavy atom. The van der Waals surface area contributed by atoms with Crippen LogP contribution in [0.4, 0.5) is 0 Å². The molecule has 1 aliphatic heterocycles. The zero-order chi connectivity index (χ0) is 29.3. The summed E-state index contributed by atoms with van der Waals surface area (Å²) in [6.45, 7) is 7.34. The Hall–Kier alpha value is -4.30. The van der Waals surface area contributed by atoms with Gasteiger partial charge in [-0.15, -0.1) is 0 Å². The molecule has 0 radical (unpaired) electrons. The van der Waals surface area contributed by atoms with Gasteiger partial charge in [-0.1, -0.05) is 59.8 Å². The molecule has 4 aromatic rings. The van der Waals surface area contributed by atoms with Gasteiger partial charge in [0.05, 0.1) is 17.7 Å². The third-order valence-corrected chi connectivity index (χ3v) is 8.49. The molecular weight excluding hydrogens is 528 g/mol. The van der Waals surface area contributed by atoms with Crippen molar-refractivity contribution < 1.29 is 18.8 Å². The molecule has 1 aliphatic carbocycles. The minimum absolute atomic E-state index is 0.0240. The van der Waals surface area contributed by atoms with Crippen molar-refractivity contribution in [3.63, 3.8) is 0 Å². The fourth-order valence-electron chi connectivity index (χ4n) is 5.67. The van der Waals surface area contributed by atoms with Crippen LogP contribution >= 0.6 is 0 Å². The normalized spacial score (nSPS) is 16.3. The number of hydrogen-bond donors (Lipinski definition) is 0. The van der Waals surface area contributed by atoms with Gasteiger partial charge in [-0.3, -0.25) is 9.59 Å². The highest BCUT2D eigenvalue weighted by atomic mass is 16.5. The zero-order valence-corrected chi connectivity index (χ0v) is 24.4. The Balaban J connectivity index is 1.18. The van der Waals surface area contributed by atoms with Crippen LogP contribution in [0.25, 0.3) is 22.5 Å². The second-order valence-corrected chi connectivity index (χ2v) is 11.3. The van der Waals surface area contributed by atoms with Crippen molar-refractivity contribution in [2.45, 2.75) is 38.5 Å². The molecule has 0 unspecified atom stereocenters. The molecule has 2 aromatic carbocycles. The molecule has 42 heavy (non-hydrogen) atoms. The lowest BCUT2D eigenvalue weighted by Gasteiger charge is -2.32. The van der Waals surface area contributed by atoms with Crippen molar-refractivity contribution in [3.05, 3.63) is 94.9 Å². The van der Waals surface area contributed by atoms with E-state index in [-0.39, 0.29) is 11.9 Å². The lowest BCUT2D eigenvalue weighted by Crippen LogP contribution is -2.47. The first-order chi connectivity index (χ1) is 20.4. The van der Waals surface area contributed by atoms with Crippen LogP contribution in [-0.4, -0.2) is 71.7 Å². The van der Waals surface area contributed by atoms with Gasteiger partial charge in [0.2, 0.25) is 0 Å². The molecule has 216 valence electrons. The van der Waals surface area contributed by atoms with Crippen LogP contribution in [0.5, 0.6) is 0 Å². The summed E-state index contributed by atoms with van der Waals surface area (Å²) in [5.74, 6) is 0.560. The third kappa shape index (κ3) is 5.46. The minimum atomic E-state index is -0.467.